The highest BCUT2D eigenvalue weighted by Crippen LogP contribution is 2.34. The summed E-state index contributed by atoms with van der Waals surface area (Å²) in [5, 5.41) is 69.9. The van der Waals surface area contributed by atoms with Gasteiger partial charge in [0.2, 0.25) is 12.2 Å². The zero-order valence-electron chi connectivity index (χ0n) is 24.2. The van der Waals surface area contributed by atoms with Gasteiger partial charge in [0.25, 0.3) is 0 Å². The quantitative estimate of drug-likeness (QED) is 0.109. The van der Waals surface area contributed by atoms with Crippen LogP contribution in [0.15, 0.2) is 53.2 Å². The topological polar surface area (TPSA) is 209 Å². The number of aliphatic hydroxyl groups is 5. The Balaban J connectivity index is 1.18. The lowest BCUT2D eigenvalue weighted by Crippen LogP contribution is -2.67. The lowest BCUT2D eigenvalue weighted by molar-refractivity contribution is -0.155. The number of phenols is 1. The second-order valence-electron chi connectivity index (χ2n) is 11.1. The number of rotatable bonds is 9. The number of hydrogen-bond donors (Lipinski definition) is 7. The number of nitrogens with zero attached hydrogens (tertiary/aromatic N) is 1. The minimum atomic E-state index is -1.50. The largest absolute Gasteiger partial charge is 0.504 e. The molecule has 1 aliphatic carbocycles. The van der Waals surface area contributed by atoms with Crippen LogP contribution in [-0.4, -0.2) is 117 Å². The van der Waals surface area contributed by atoms with Gasteiger partial charge in [-0.25, -0.2) is 0 Å². The Kier molecular flexibility index (Phi) is 10.3. The zero-order valence-corrected chi connectivity index (χ0v) is 25.0. The molecule has 0 aromatic heterocycles. The monoisotopic (exact) mass is 650 g/mol. The van der Waals surface area contributed by atoms with Gasteiger partial charge in [-0.3, -0.25) is 4.79 Å². The van der Waals surface area contributed by atoms with Gasteiger partial charge in [-0.15, -0.1) is 0 Å². The highest BCUT2D eigenvalue weighted by molar-refractivity contribution is 6.30. The van der Waals surface area contributed by atoms with Crippen molar-refractivity contribution in [1.29, 1.82) is 0 Å². The minimum Gasteiger partial charge on any atom is -0.504 e. The molecule has 2 heterocycles. The van der Waals surface area contributed by atoms with E-state index in [4.69, 9.17) is 35.4 Å². The Morgan fingerprint density at radius 3 is 2.44 bits per heavy atom. The number of phenolic OH excluding ortho intramolecular Hbond substituents is 1. The number of hydrogen-bond acceptors (Lipinski definition) is 13. The molecular weight excluding hydrogens is 616 g/mol. The number of nitrogens with one attached hydrogen (secondary N) is 1. The number of carbonyl (C=O) groups excluding carboxylic acids is 1. The lowest BCUT2D eigenvalue weighted by atomic mass is 9.83. The van der Waals surface area contributed by atoms with E-state index in [2.05, 4.69) is 10.5 Å². The summed E-state index contributed by atoms with van der Waals surface area (Å²) in [4.78, 5) is 18.3. The number of oxime groups is 1. The lowest BCUT2D eigenvalue weighted by Gasteiger charge is -2.41. The first-order valence-corrected chi connectivity index (χ1v) is 14.5. The van der Waals surface area contributed by atoms with Crippen molar-refractivity contribution in [1.82, 2.24) is 5.32 Å². The van der Waals surface area contributed by atoms with Crippen molar-refractivity contribution >= 4 is 29.8 Å². The van der Waals surface area contributed by atoms with Crippen molar-refractivity contribution in [3.63, 3.8) is 0 Å². The van der Waals surface area contributed by atoms with Crippen LogP contribution >= 0.6 is 11.6 Å². The summed E-state index contributed by atoms with van der Waals surface area (Å²) in [5.74, 6) is -1.04. The van der Waals surface area contributed by atoms with Crippen LogP contribution in [0.3, 0.4) is 0 Å². The molecule has 1 amide bonds. The Labute approximate surface area is 263 Å². The number of aromatic hydroxyl groups is 1. The highest BCUT2D eigenvalue weighted by Gasteiger charge is 2.53. The summed E-state index contributed by atoms with van der Waals surface area (Å²) in [6, 6.07) is 9.94. The second kappa shape index (κ2) is 14.0. The number of carbonyl (C=O) groups is 1. The van der Waals surface area contributed by atoms with E-state index in [1.807, 2.05) is 0 Å². The third kappa shape index (κ3) is 7.25. The molecular formula is C30H35ClN2O12. The Hall–Kier alpha value is -3.31. The van der Waals surface area contributed by atoms with Crippen molar-refractivity contribution in [2.75, 3.05) is 6.79 Å². The van der Waals surface area contributed by atoms with Crippen LogP contribution in [0.1, 0.15) is 25.0 Å². The average Bonchev–Trinajstić information content (AvgIpc) is 3.61. The fourth-order valence-corrected chi connectivity index (χ4v) is 5.58. The van der Waals surface area contributed by atoms with Crippen LogP contribution in [-0.2, 0) is 23.8 Å². The van der Waals surface area contributed by atoms with Crippen LogP contribution in [0, 0.1) is 0 Å². The normalized spacial score (nSPS) is 34.0. The molecule has 3 fully saturated rings. The third-order valence-corrected chi connectivity index (χ3v) is 8.10. The first-order valence-electron chi connectivity index (χ1n) is 14.2. The molecule has 0 radical (unpaired) electrons. The molecule has 2 aliphatic heterocycles. The van der Waals surface area contributed by atoms with Gasteiger partial charge < -0.3 is 59.7 Å². The van der Waals surface area contributed by atoms with E-state index in [0.717, 1.165) is 0 Å². The molecule has 11 atom stereocenters. The fraction of sp³-hybridized carbons (Fsp3) is 0.467. The Bertz CT molecular complexity index is 1430. The summed E-state index contributed by atoms with van der Waals surface area (Å²) in [5.41, 5.74) is 1.26. The summed E-state index contributed by atoms with van der Waals surface area (Å²) in [6.45, 7) is 2.93. The molecule has 15 heteroatoms. The van der Waals surface area contributed by atoms with Crippen molar-refractivity contribution in [3.05, 3.63) is 64.2 Å². The van der Waals surface area contributed by atoms with Gasteiger partial charge in [0.05, 0.1) is 12.3 Å². The summed E-state index contributed by atoms with van der Waals surface area (Å²) in [6.07, 6.45) is -9.11. The van der Waals surface area contributed by atoms with E-state index in [0.29, 0.717) is 16.1 Å². The molecule has 45 heavy (non-hydrogen) atoms. The molecule has 1 saturated carbocycles. The molecule has 5 rings (SSSR count). The predicted octanol–water partition coefficient (Wildman–Crippen LogP) is 0.0362. The first kappa shape index (κ1) is 33.1. The summed E-state index contributed by atoms with van der Waals surface area (Å²) in [7, 11) is 0. The molecule has 0 spiro atoms. The van der Waals surface area contributed by atoms with Crippen LogP contribution in [0.25, 0.3) is 6.08 Å². The van der Waals surface area contributed by atoms with Gasteiger partial charge >= 0.3 is 0 Å². The van der Waals surface area contributed by atoms with E-state index in [1.165, 1.54) is 37.4 Å². The van der Waals surface area contributed by atoms with Gasteiger partial charge in [0.15, 0.2) is 17.6 Å². The number of amides is 1. The Morgan fingerprint density at radius 1 is 1.00 bits per heavy atom. The number of aliphatic hydroxyl groups excluding tert-OH is 5. The highest BCUT2D eigenvalue weighted by atomic mass is 35.5. The van der Waals surface area contributed by atoms with E-state index >= 15 is 0 Å². The Morgan fingerprint density at radius 2 is 1.73 bits per heavy atom. The number of halogens is 1. The average molecular weight is 651 g/mol. The molecule has 244 valence electrons. The molecule has 0 bridgehead atoms. The van der Waals surface area contributed by atoms with Gasteiger partial charge in [0, 0.05) is 10.6 Å². The zero-order chi connectivity index (χ0) is 32.4. The molecule has 1 unspecified atom stereocenters. The van der Waals surface area contributed by atoms with Crippen LogP contribution in [0.4, 0.5) is 0 Å². The van der Waals surface area contributed by atoms with E-state index < -0.39 is 73.2 Å². The van der Waals surface area contributed by atoms with Gasteiger partial charge in [-0.2, -0.15) is 0 Å². The SMILES string of the molecule is CC(=Cc1ccc(O[C@@H]2O[C@H](C(C)ON=Cc3cccc(Cl)c3)[C@@H](O)[C@@H]2O)c(O)c1)C(=O)N[C@@H]1[C@H](O)[C@@H](O)[C@H]2OCO[C@H]2[C@@H]1O. The molecule has 2 saturated heterocycles. The minimum absolute atomic E-state index is 0.0607. The summed E-state index contributed by atoms with van der Waals surface area (Å²) >= 11 is 5.96. The van der Waals surface area contributed by atoms with Gasteiger partial charge in [-0.1, -0.05) is 35.0 Å². The molecule has 2 aromatic carbocycles. The van der Waals surface area contributed by atoms with E-state index in [-0.39, 0.29) is 23.9 Å². The van der Waals surface area contributed by atoms with Crippen molar-refractivity contribution in [3.8, 4) is 11.5 Å². The van der Waals surface area contributed by atoms with Gasteiger partial charge in [-0.05, 0) is 55.3 Å². The smallest absolute Gasteiger partial charge is 0.247 e. The first-order chi connectivity index (χ1) is 21.4. The second-order valence-corrected chi connectivity index (χ2v) is 11.5. The third-order valence-electron chi connectivity index (χ3n) is 7.87. The maximum Gasteiger partial charge on any atom is 0.247 e. The van der Waals surface area contributed by atoms with Crippen molar-refractivity contribution < 1.29 is 59.2 Å². The number of benzene rings is 2. The standard InChI is InChI=1S/C30H35ClN2O12/c1-13(29(40)33-20-21(35)23(37)28-27(22(20)36)41-12-42-28)8-15-6-7-19(18(34)10-15)43-30-25(39)24(38)26(44-30)14(2)45-32-11-16-4-3-5-17(31)9-16/h3-11,14,20-28,30,34-39H,12H2,1-2H3,(H,33,40)/t14?,20-,21+,22-,23-,24+,25+,26-,27+,28-,30-/m1/s1. The number of fused-ring (bicyclic) bond motifs is 1. The van der Waals surface area contributed by atoms with Crippen LogP contribution in [0.5, 0.6) is 11.5 Å². The van der Waals surface area contributed by atoms with Crippen LogP contribution in [0.2, 0.25) is 5.02 Å². The van der Waals surface area contributed by atoms with Crippen molar-refractivity contribution in [2.24, 2.45) is 5.16 Å². The number of ether oxygens (including phenoxy) is 4. The molecule has 14 nitrogen and oxygen atoms in total. The maximum absolute atomic E-state index is 12.9. The fourth-order valence-electron chi connectivity index (χ4n) is 5.38. The van der Waals surface area contributed by atoms with E-state index in [9.17, 15) is 35.4 Å². The van der Waals surface area contributed by atoms with Gasteiger partial charge in [0.1, 0.15) is 55.6 Å². The van der Waals surface area contributed by atoms with Crippen molar-refractivity contribution in [2.45, 2.75) is 81.1 Å². The molecule has 2 aromatic rings. The molecule has 7 N–H and O–H groups in total. The molecule has 3 aliphatic rings. The summed E-state index contributed by atoms with van der Waals surface area (Å²) < 4.78 is 21.8. The van der Waals surface area contributed by atoms with Crippen LogP contribution < -0.4 is 10.1 Å². The predicted molar refractivity (Wildman–Crippen MR) is 157 cm³/mol. The maximum atomic E-state index is 12.9. The van der Waals surface area contributed by atoms with E-state index in [1.54, 1.807) is 31.2 Å².